The van der Waals surface area contributed by atoms with E-state index in [1.165, 1.54) is 25.4 Å². The molecular formula is C17H18F4N2O. The van der Waals surface area contributed by atoms with Crippen LogP contribution in [-0.4, -0.2) is 18.7 Å². The van der Waals surface area contributed by atoms with Crippen molar-refractivity contribution in [2.45, 2.75) is 25.2 Å². The van der Waals surface area contributed by atoms with Gasteiger partial charge in [0.15, 0.2) is 0 Å². The van der Waals surface area contributed by atoms with E-state index in [1.54, 1.807) is 13.0 Å². The molecule has 0 saturated carbocycles. The molecule has 2 rings (SSSR count). The number of rotatable bonds is 6. The molecule has 2 aromatic rings. The van der Waals surface area contributed by atoms with Crippen LogP contribution in [0.5, 0.6) is 0 Å². The molecule has 7 heteroatoms. The standard InChI is InChI=1S/C17H18F4N2O/c1-11(13-7-15(18)9-22-8-13)23-16(10-24-2)12-4-3-5-14(6-12)17(19,20)21/h3-9,11,16,23H,10H2,1-2H3/t11-,16+/m0/s1. The summed E-state index contributed by atoms with van der Waals surface area (Å²) in [5.74, 6) is -0.469. The van der Waals surface area contributed by atoms with Crippen LogP contribution < -0.4 is 5.32 Å². The molecule has 0 spiro atoms. The van der Waals surface area contributed by atoms with Crippen LogP contribution in [0.25, 0.3) is 0 Å². The van der Waals surface area contributed by atoms with Gasteiger partial charge in [0.1, 0.15) is 5.82 Å². The fourth-order valence-corrected chi connectivity index (χ4v) is 2.40. The van der Waals surface area contributed by atoms with Crippen molar-refractivity contribution < 1.29 is 22.3 Å². The molecule has 0 unspecified atom stereocenters. The number of nitrogens with one attached hydrogen (secondary N) is 1. The van der Waals surface area contributed by atoms with Gasteiger partial charge < -0.3 is 10.1 Å². The zero-order valence-electron chi connectivity index (χ0n) is 13.3. The zero-order valence-corrected chi connectivity index (χ0v) is 13.3. The average Bonchev–Trinajstić information content (AvgIpc) is 2.53. The fourth-order valence-electron chi connectivity index (χ4n) is 2.40. The number of pyridine rings is 1. The lowest BCUT2D eigenvalue weighted by atomic mass is 10.0. The van der Waals surface area contributed by atoms with Crippen molar-refractivity contribution in [2.75, 3.05) is 13.7 Å². The quantitative estimate of drug-likeness (QED) is 0.796. The molecule has 0 bridgehead atoms. The van der Waals surface area contributed by atoms with E-state index >= 15 is 0 Å². The van der Waals surface area contributed by atoms with E-state index in [0.29, 0.717) is 11.1 Å². The van der Waals surface area contributed by atoms with E-state index in [1.807, 2.05) is 0 Å². The van der Waals surface area contributed by atoms with Gasteiger partial charge in [0.2, 0.25) is 0 Å². The third-order valence-corrected chi connectivity index (χ3v) is 3.63. The lowest BCUT2D eigenvalue weighted by molar-refractivity contribution is -0.137. The molecule has 0 aliphatic heterocycles. The Morgan fingerprint density at radius 3 is 2.54 bits per heavy atom. The van der Waals surface area contributed by atoms with Crippen LogP contribution in [0.2, 0.25) is 0 Å². The highest BCUT2D eigenvalue weighted by Gasteiger charge is 2.31. The maximum Gasteiger partial charge on any atom is 0.416 e. The largest absolute Gasteiger partial charge is 0.416 e. The molecule has 0 fully saturated rings. The summed E-state index contributed by atoms with van der Waals surface area (Å²) in [6.07, 6.45) is -1.81. The minimum atomic E-state index is -4.41. The molecule has 24 heavy (non-hydrogen) atoms. The van der Waals surface area contributed by atoms with Crippen LogP contribution in [-0.2, 0) is 10.9 Å². The van der Waals surface area contributed by atoms with E-state index < -0.39 is 23.6 Å². The van der Waals surface area contributed by atoms with Gasteiger partial charge in [-0.15, -0.1) is 0 Å². The Hall–Kier alpha value is -1.99. The number of hydrogen-bond acceptors (Lipinski definition) is 3. The summed E-state index contributed by atoms with van der Waals surface area (Å²) in [6.45, 7) is 1.96. The molecule has 1 N–H and O–H groups in total. The van der Waals surface area contributed by atoms with Crippen LogP contribution in [0, 0.1) is 5.82 Å². The van der Waals surface area contributed by atoms with Crippen molar-refractivity contribution in [1.29, 1.82) is 0 Å². The second-order valence-electron chi connectivity index (χ2n) is 5.46. The molecule has 0 amide bonds. The first-order chi connectivity index (χ1) is 11.3. The van der Waals surface area contributed by atoms with Crippen LogP contribution in [0.15, 0.2) is 42.7 Å². The molecule has 2 atom stereocenters. The van der Waals surface area contributed by atoms with Crippen LogP contribution >= 0.6 is 0 Å². The maximum absolute atomic E-state index is 13.3. The molecule has 0 saturated heterocycles. The van der Waals surface area contributed by atoms with Crippen LogP contribution in [0.1, 0.15) is 35.7 Å². The highest BCUT2D eigenvalue weighted by Crippen LogP contribution is 2.31. The minimum absolute atomic E-state index is 0.175. The number of aromatic nitrogens is 1. The predicted molar refractivity (Wildman–Crippen MR) is 81.8 cm³/mol. The first kappa shape index (κ1) is 18.4. The molecule has 1 heterocycles. The average molecular weight is 342 g/mol. The maximum atomic E-state index is 13.3. The van der Waals surface area contributed by atoms with Crippen LogP contribution in [0.3, 0.4) is 0 Å². The van der Waals surface area contributed by atoms with Gasteiger partial charge in [-0.25, -0.2) is 4.39 Å². The topological polar surface area (TPSA) is 34.1 Å². The second kappa shape index (κ2) is 7.72. The molecule has 3 nitrogen and oxygen atoms in total. The first-order valence-corrected chi connectivity index (χ1v) is 7.34. The van der Waals surface area contributed by atoms with Gasteiger partial charge in [-0.05, 0) is 36.2 Å². The highest BCUT2D eigenvalue weighted by atomic mass is 19.4. The summed E-state index contributed by atoms with van der Waals surface area (Å²) < 4.78 is 57.1. The molecule has 1 aromatic carbocycles. The van der Waals surface area contributed by atoms with E-state index in [4.69, 9.17) is 4.74 Å². The summed E-state index contributed by atoms with van der Waals surface area (Å²) in [4.78, 5) is 3.78. The Kier molecular flexibility index (Phi) is 5.90. The summed E-state index contributed by atoms with van der Waals surface area (Å²) in [5, 5.41) is 3.16. The van der Waals surface area contributed by atoms with Gasteiger partial charge in [0.05, 0.1) is 24.4 Å². The zero-order chi connectivity index (χ0) is 17.7. The molecule has 0 aliphatic rings. The van der Waals surface area contributed by atoms with Gasteiger partial charge in [-0.1, -0.05) is 12.1 Å². The van der Waals surface area contributed by atoms with Crippen molar-refractivity contribution in [1.82, 2.24) is 10.3 Å². The Labute approximate surface area is 137 Å². The summed E-state index contributed by atoms with van der Waals surface area (Å²) in [7, 11) is 1.47. The monoisotopic (exact) mass is 342 g/mol. The molecule has 130 valence electrons. The second-order valence-corrected chi connectivity index (χ2v) is 5.46. The first-order valence-electron chi connectivity index (χ1n) is 7.34. The molecule has 1 aromatic heterocycles. The SMILES string of the molecule is COC[C@@H](N[C@@H](C)c1cncc(F)c1)c1cccc(C(F)(F)F)c1. The number of methoxy groups -OCH3 is 1. The van der Waals surface area contributed by atoms with E-state index in [9.17, 15) is 17.6 Å². The van der Waals surface area contributed by atoms with Gasteiger partial charge in [-0.3, -0.25) is 4.98 Å². The van der Waals surface area contributed by atoms with E-state index in [2.05, 4.69) is 10.3 Å². The highest BCUT2D eigenvalue weighted by molar-refractivity contribution is 5.28. The van der Waals surface area contributed by atoms with Gasteiger partial charge in [-0.2, -0.15) is 13.2 Å². The number of nitrogens with zero attached hydrogens (tertiary/aromatic N) is 1. The molecular weight excluding hydrogens is 324 g/mol. The summed E-state index contributed by atoms with van der Waals surface area (Å²) >= 11 is 0. The number of benzene rings is 1. The summed E-state index contributed by atoms with van der Waals surface area (Å²) in [5.41, 5.74) is 0.328. The Bertz CT molecular complexity index is 676. The van der Waals surface area contributed by atoms with Crippen molar-refractivity contribution in [2.24, 2.45) is 0 Å². The van der Waals surface area contributed by atoms with Crippen LogP contribution in [0.4, 0.5) is 17.6 Å². The van der Waals surface area contributed by atoms with Gasteiger partial charge >= 0.3 is 6.18 Å². The number of hydrogen-bond donors (Lipinski definition) is 1. The van der Waals surface area contributed by atoms with Crippen molar-refractivity contribution in [3.8, 4) is 0 Å². The van der Waals surface area contributed by atoms with Gasteiger partial charge in [0, 0.05) is 19.3 Å². The van der Waals surface area contributed by atoms with Gasteiger partial charge in [0.25, 0.3) is 0 Å². The summed E-state index contributed by atoms with van der Waals surface area (Å²) in [6, 6.07) is 5.61. The van der Waals surface area contributed by atoms with E-state index in [0.717, 1.165) is 18.3 Å². The third-order valence-electron chi connectivity index (χ3n) is 3.63. The third kappa shape index (κ3) is 4.75. The Morgan fingerprint density at radius 2 is 1.92 bits per heavy atom. The van der Waals surface area contributed by atoms with Crippen molar-refractivity contribution >= 4 is 0 Å². The minimum Gasteiger partial charge on any atom is -0.383 e. The Balaban J connectivity index is 2.23. The fraction of sp³-hybridized carbons (Fsp3) is 0.353. The molecule has 0 aliphatic carbocycles. The normalized spacial score (nSPS) is 14.4. The number of ether oxygens (including phenoxy) is 1. The van der Waals surface area contributed by atoms with Crippen molar-refractivity contribution in [3.63, 3.8) is 0 Å². The molecule has 0 radical (unpaired) electrons. The number of alkyl halides is 3. The number of halogens is 4. The van der Waals surface area contributed by atoms with E-state index in [-0.39, 0.29) is 12.6 Å². The lowest BCUT2D eigenvalue weighted by Gasteiger charge is -2.24. The van der Waals surface area contributed by atoms with Crippen molar-refractivity contribution in [3.05, 3.63) is 65.2 Å². The lowest BCUT2D eigenvalue weighted by Crippen LogP contribution is -2.28. The smallest absolute Gasteiger partial charge is 0.383 e. The Morgan fingerprint density at radius 1 is 1.17 bits per heavy atom. The predicted octanol–water partition coefficient (Wildman–Crippen LogP) is 4.28.